The molecule has 1 aromatic heterocycles. The molecule has 0 saturated heterocycles. The molecule has 94 valence electrons. The third-order valence-electron chi connectivity index (χ3n) is 1.92. The zero-order valence-corrected chi connectivity index (χ0v) is 10.2. The van der Waals surface area contributed by atoms with E-state index in [1.165, 1.54) is 13.2 Å². The number of aromatic nitrogens is 1. The maximum Gasteiger partial charge on any atom is 0.318 e. The normalized spacial score (nSPS) is 11.5. The highest BCUT2D eigenvalue weighted by Gasteiger charge is 2.20. The summed E-state index contributed by atoms with van der Waals surface area (Å²) in [6.45, 7) is 1.18. The predicted octanol–water partition coefficient (Wildman–Crippen LogP) is 0.0631. The molecule has 17 heavy (non-hydrogen) atoms. The van der Waals surface area contributed by atoms with Crippen molar-refractivity contribution in [2.45, 2.75) is 6.92 Å². The van der Waals surface area contributed by atoms with Crippen LogP contribution in [0.4, 0.5) is 5.82 Å². The number of rotatable bonds is 5. The van der Waals surface area contributed by atoms with Crippen LogP contribution in [-0.2, 0) is 15.0 Å². The molecule has 0 atom stereocenters. The molecule has 0 aromatic carbocycles. The summed E-state index contributed by atoms with van der Waals surface area (Å²) in [5.41, 5.74) is 0.846. The van der Waals surface area contributed by atoms with Crippen molar-refractivity contribution in [1.82, 2.24) is 9.29 Å². The molecule has 2 N–H and O–H groups in total. The molecule has 1 heterocycles. The summed E-state index contributed by atoms with van der Waals surface area (Å²) in [4.78, 5) is 14.2. The van der Waals surface area contributed by atoms with Crippen molar-refractivity contribution in [3.8, 4) is 0 Å². The zero-order chi connectivity index (χ0) is 13.1. The number of nitrogens with one attached hydrogen (secondary N) is 1. The van der Waals surface area contributed by atoms with Gasteiger partial charge in [0, 0.05) is 13.2 Å². The third kappa shape index (κ3) is 4.00. The topological polar surface area (TPSA) is 99.6 Å². The Labute approximate surface area is 99.3 Å². The highest BCUT2D eigenvalue weighted by molar-refractivity contribution is 7.90. The van der Waals surface area contributed by atoms with Crippen molar-refractivity contribution in [1.29, 1.82) is 0 Å². The van der Waals surface area contributed by atoms with Crippen LogP contribution in [0.1, 0.15) is 5.56 Å². The molecule has 0 radical (unpaired) electrons. The number of anilines is 1. The second-order valence-electron chi connectivity index (χ2n) is 3.48. The Kier molecular flexibility index (Phi) is 4.02. The summed E-state index contributed by atoms with van der Waals surface area (Å²) in [6, 6.07) is 3.27. The van der Waals surface area contributed by atoms with E-state index in [0.29, 0.717) is 4.31 Å². The molecule has 1 aromatic rings. The van der Waals surface area contributed by atoms with Gasteiger partial charge < -0.3 is 5.11 Å². The maximum absolute atomic E-state index is 11.7. The van der Waals surface area contributed by atoms with Crippen molar-refractivity contribution in [2.75, 3.05) is 18.3 Å². The Morgan fingerprint density at radius 3 is 2.76 bits per heavy atom. The van der Waals surface area contributed by atoms with Crippen LogP contribution in [0.15, 0.2) is 18.3 Å². The van der Waals surface area contributed by atoms with Crippen LogP contribution in [0.5, 0.6) is 0 Å². The van der Waals surface area contributed by atoms with Gasteiger partial charge >= 0.3 is 16.2 Å². The van der Waals surface area contributed by atoms with Crippen LogP contribution in [0.3, 0.4) is 0 Å². The van der Waals surface area contributed by atoms with Gasteiger partial charge in [-0.1, -0.05) is 0 Å². The summed E-state index contributed by atoms with van der Waals surface area (Å²) in [7, 11) is -2.71. The van der Waals surface area contributed by atoms with Gasteiger partial charge in [-0.25, -0.2) is 4.98 Å². The van der Waals surface area contributed by atoms with E-state index in [4.69, 9.17) is 5.11 Å². The number of aryl methyl sites for hydroxylation is 1. The molecule has 7 nitrogen and oxygen atoms in total. The molecule has 8 heteroatoms. The number of carboxylic acids is 1. The van der Waals surface area contributed by atoms with E-state index in [2.05, 4.69) is 9.71 Å². The van der Waals surface area contributed by atoms with Crippen LogP contribution in [0.25, 0.3) is 0 Å². The van der Waals surface area contributed by atoms with Crippen LogP contribution in [0, 0.1) is 6.92 Å². The molecule has 0 saturated carbocycles. The van der Waals surface area contributed by atoms with E-state index < -0.39 is 22.7 Å². The first-order valence-electron chi connectivity index (χ1n) is 4.70. The highest BCUT2D eigenvalue weighted by atomic mass is 32.2. The molecule has 0 aliphatic carbocycles. The van der Waals surface area contributed by atoms with E-state index in [1.54, 1.807) is 19.1 Å². The third-order valence-corrected chi connectivity index (χ3v) is 3.33. The number of pyridine rings is 1. The number of hydrogen-bond donors (Lipinski definition) is 2. The van der Waals surface area contributed by atoms with E-state index >= 15 is 0 Å². The van der Waals surface area contributed by atoms with Crippen LogP contribution in [0.2, 0.25) is 0 Å². The molecule has 0 amide bonds. The van der Waals surface area contributed by atoms with Gasteiger partial charge in [0.2, 0.25) is 0 Å². The van der Waals surface area contributed by atoms with Gasteiger partial charge in [-0.3, -0.25) is 9.52 Å². The van der Waals surface area contributed by atoms with Gasteiger partial charge in [0.05, 0.1) is 0 Å². The average Bonchev–Trinajstić information content (AvgIpc) is 2.15. The van der Waals surface area contributed by atoms with Crippen molar-refractivity contribution in [2.24, 2.45) is 0 Å². The molecule has 0 aliphatic rings. The lowest BCUT2D eigenvalue weighted by Gasteiger charge is -2.15. The lowest BCUT2D eigenvalue weighted by molar-refractivity contribution is -0.137. The second kappa shape index (κ2) is 5.11. The summed E-state index contributed by atoms with van der Waals surface area (Å²) in [5.74, 6) is -1.07. The van der Waals surface area contributed by atoms with E-state index in [-0.39, 0.29) is 5.82 Å². The largest absolute Gasteiger partial charge is 0.480 e. The Balaban J connectivity index is 2.83. The number of carbonyl (C=O) groups is 1. The summed E-state index contributed by atoms with van der Waals surface area (Å²) >= 11 is 0. The Morgan fingerprint density at radius 2 is 2.24 bits per heavy atom. The predicted molar refractivity (Wildman–Crippen MR) is 61.8 cm³/mol. The van der Waals surface area contributed by atoms with Crippen molar-refractivity contribution < 1.29 is 18.3 Å². The zero-order valence-electron chi connectivity index (χ0n) is 9.41. The van der Waals surface area contributed by atoms with Gasteiger partial charge in [-0.2, -0.15) is 12.7 Å². The fourth-order valence-electron chi connectivity index (χ4n) is 1.08. The van der Waals surface area contributed by atoms with Crippen LogP contribution >= 0.6 is 0 Å². The summed E-state index contributed by atoms with van der Waals surface area (Å²) < 4.78 is 26.2. The molecule has 0 fully saturated rings. The van der Waals surface area contributed by atoms with Gasteiger partial charge in [-0.05, 0) is 24.6 Å². The smallest absolute Gasteiger partial charge is 0.318 e. The first kappa shape index (κ1) is 13.4. The fraction of sp³-hybridized carbons (Fsp3) is 0.333. The van der Waals surface area contributed by atoms with Crippen LogP contribution in [-0.4, -0.2) is 42.4 Å². The minimum atomic E-state index is -3.89. The Morgan fingerprint density at radius 1 is 1.59 bits per heavy atom. The Bertz CT molecular complexity index is 515. The average molecular weight is 259 g/mol. The number of carboxylic acid groups (broad SMARTS) is 1. The van der Waals surface area contributed by atoms with Gasteiger partial charge in [0.1, 0.15) is 12.4 Å². The van der Waals surface area contributed by atoms with Crippen LogP contribution < -0.4 is 4.72 Å². The maximum atomic E-state index is 11.7. The van der Waals surface area contributed by atoms with Crippen molar-refractivity contribution in [3.05, 3.63) is 23.9 Å². The van der Waals surface area contributed by atoms with Gasteiger partial charge in [-0.15, -0.1) is 0 Å². The minimum Gasteiger partial charge on any atom is -0.480 e. The monoisotopic (exact) mass is 259 g/mol. The van der Waals surface area contributed by atoms with E-state index in [9.17, 15) is 13.2 Å². The van der Waals surface area contributed by atoms with Gasteiger partial charge in [0.15, 0.2) is 0 Å². The molecular formula is C9H13N3O4S. The standard InChI is InChI=1S/C9H13N3O4S/c1-7-3-4-10-8(5-7)11-17(15,16)12(2)6-9(13)14/h3-5H,6H2,1-2H3,(H,10,11)(H,13,14). The molecule has 1 rings (SSSR count). The number of nitrogens with zero attached hydrogens (tertiary/aromatic N) is 2. The SMILES string of the molecule is Cc1ccnc(NS(=O)(=O)N(C)CC(=O)O)c1. The van der Waals surface area contributed by atoms with Crippen molar-refractivity contribution >= 4 is 22.0 Å². The fourth-order valence-corrected chi connectivity index (χ4v) is 1.89. The molecule has 0 bridgehead atoms. The quantitative estimate of drug-likeness (QED) is 0.779. The lowest BCUT2D eigenvalue weighted by atomic mass is 10.3. The Hall–Kier alpha value is -1.67. The summed E-state index contributed by atoms with van der Waals surface area (Å²) in [5, 5.41) is 8.51. The highest BCUT2D eigenvalue weighted by Crippen LogP contribution is 2.09. The first-order chi connectivity index (χ1) is 7.81. The minimum absolute atomic E-state index is 0.155. The lowest BCUT2D eigenvalue weighted by Crippen LogP contribution is -2.36. The van der Waals surface area contributed by atoms with Crippen molar-refractivity contribution in [3.63, 3.8) is 0 Å². The number of hydrogen-bond acceptors (Lipinski definition) is 4. The van der Waals surface area contributed by atoms with E-state index in [1.807, 2.05) is 0 Å². The second-order valence-corrected chi connectivity index (χ2v) is 5.25. The molecule has 0 aliphatic heterocycles. The van der Waals surface area contributed by atoms with Gasteiger partial charge in [0.25, 0.3) is 0 Å². The first-order valence-corrected chi connectivity index (χ1v) is 6.14. The molecule has 0 unspecified atom stereocenters. The molecule has 0 spiro atoms. The number of aliphatic carboxylic acids is 1. The number of likely N-dealkylation sites (N-methyl/N-ethyl adjacent to an activating group) is 1. The molecular weight excluding hydrogens is 246 g/mol. The summed E-state index contributed by atoms with van der Waals surface area (Å²) in [6.07, 6.45) is 1.46. The van der Waals surface area contributed by atoms with E-state index in [0.717, 1.165) is 5.56 Å².